The number of imide groups is 1. The van der Waals surface area contributed by atoms with Crippen LogP contribution in [-0.4, -0.2) is 30.2 Å². The highest BCUT2D eigenvalue weighted by Gasteiger charge is 2.64. The van der Waals surface area contributed by atoms with E-state index >= 15 is 0 Å². The van der Waals surface area contributed by atoms with Crippen LogP contribution in [0.2, 0.25) is 0 Å². The topological polar surface area (TPSA) is 80.8 Å². The number of fused-ring (bicyclic) bond motifs is 5. The second kappa shape index (κ2) is 9.07. The normalized spacial score (nSPS) is 25.9. The molecule has 1 heterocycles. The van der Waals surface area contributed by atoms with Crippen LogP contribution in [0.4, 0.5) is 10.1 Å². The van der Waals surface area contributed by atoms with Crippen LogP contribution in [0.1, 0.15) is 45.0 Å². The largest absolute Gasteiger partial charge is 0.454 e. The second-order valence-corrected chi connectivity index (χ2v) is 10.0. The summed E-state index contributed by atoms with van der Waals surface area (Å²) in [6, 6.07) is 21.3. The minimum atomic E-state index is -0.707. The molecule has 37 heavy (non-hydrogen) atoms. The molecule has 0 unspecified atom stereocenters. The summed E-state index contributed by atoms with van der Waals surface area (Å²) in [5, 5.41) is 0. The maximum Gasteiger partial charge on any atom is 0.338 e. The number of ether oxygens (including phenoxy) is 1. The molecule has 3 aromatic carbocycles. The first-order valence-corrected chi connectivity index (χ1v) is 12.4. The van der Waals surface area contributed by atoms with Gasteiger partial charge in [-0.05, 0) is 84.7 Å². The maximum absolute atomic E-state index is 13.5. The van der Waals surface area contributed by atoms with E-state index in [0.717, 1.165) is 25.0 Å². The SMILES string of the molecule is O=C(COC(=O)c1ccc(N2C(=O)[C@@H]3[C@H]4C[C@H]([C@H]3C2=O)[C@@H](c2ccccc2)C4)cc1)c1ccc(F)cc1. The molecule has 186 valence electrons. The highest BCUT2D eigenvalue weighted by atomic mass is 19.1. The fourth-order valence-corrected chi connectivity index (χ4v) is 6.48. The van der Waals surface area contributed by atoms with Crippen molar-refractivity contribution in [2.75, 3.05) is 11.5 Å². The summed E-state index contributed by atoms with van der Waals surface area (Å²) in [5.41, 5.74) is 2.09. The monoisotopic (exact) mass is 497 g/mol. The van der Waals surface area contributed by atoms with Crippen LogP contribution in [0.5, 0.6) is 0 Å². The van der Waals surface area contributed by atoms with Crippen LogP contribution >= 0.6 is 0 Å². The van der Waals surface area contributed by atoms with Gasteiger partial charge in [0.2, 0.25) is 11.8 Å². The van der Waals surface area contributed by atoms with Gasteiger partial charge in [-0.25, -0.2) is 9.18 Å². The van der Waals surface area contributed by atoms with Gasteiger partial charge in [-0.15, -0.1) is 0 Å². The van der Waals surface area contributed by atoms with Crippen molar-refractivity contribution in [3.05, 3.63) is 101 Å². The Hall–Kier alpha value is -4.13. The van der Waals surface area contributed by atoms with E-state index in [2.05, 4.69) is 12.1 Å². The number of benzene rings is 3. The fraction of sp³-hybridized carbons (Fsp3) is 0.267. The number of hydrogen-bond donors (Lipinski definition) is 0. The summed E-state index contributed by atoms with van der Waals surface area (Å²) in [4.78, 5) is 52.7. The molecule has 2 saturated carbocycles. The van der Waals surface area contributed by atoms with Gasteiger partial charge >= 0.3 is 5.97 Å². The van der Waals surface area contributed by atoms with Crippen LogP contribution in [-0.2, 0) is 14.3 Å². The zero-order chi connectivity index (χ0) is 25.7. The summed E-state index contributed by atoms with van der Waals surface area (Å²) in [6.45, 7) is -0.482. The van der Waals surface area contributed by atoms with Gasteiger partial charge in [0, 0.05) is 5.56 Å². The van der Waals surface area contributed by atoms with E-state index in [-0.39, 0.29) is 46.6 Å². The van der Waals surface area contributed by atoms with Gasteiger partial charge in [0.05, 0.1) is 23.1 Å². The number of Topliss-reactive ketones (excluding diaryl/α,β-unsaturated/α-hetero) is 1. The van der Waals surface area contributed by atoms with Crippen LogP contribution in [0.25, 0.3) is 0 Å². The quantitative estimate of drug-likeness (QED) is 0.278. The first-order valence-electron chi connectivity index (χ1n) is 12.4. The van der Waals surface area contributed by atoms with Crippen molar-refractivity contribution < 1.29 is 28.3 Å². The number of carbonyl (C=O) groups is 4. The lowest BCUT2D eigenvalue weighted by molar-refractivity contribution is -0.123. The summed E-state index contributed by atoms with van der Waals surface area (Å²) in [6.07, 6.45) is 1.83. The van der Waals surface area contributed by atoms with Gasteiger partial charge in [0.1, 0.15) is 5.82 Å². The number of rotatable bonds is 6. The number of carbonyl (C=O) groups excluding carboxylic acids is 4. The Balaban J connectivity index is 1.13. The number of halogens is 1. The first kappa shape index (κ1) is 23.3. The van der Waals surface area contributed by atoms with E-state index in [9.17, 15) is 23.6 Å². The summed E-state index contributed by atoms with van der Waals surface area (Å²) in [5.74, 6) is -1.87. The van der Waals surface area contributed by atoms with Crippen LogP contribution < -0.4 is 4.90 Å². The van der Waals surface area contributed by atoms with Crippen molar-refractivity contribution >= 4 is 29.3 Å². The predicted octanol–water partition coefficient (Wildman–Crippen LogP) is 4.79. The molecule has 7 heteroatoms. The second-order valence-electron chi connectivity index (χ2n) is 10.0. The lowest BCUT2D eigenvalue weighted by Crippen LogP contribution is -2.33. The minimum Gasteiger partial charge on any atom is -0.454 e. The number of esters is 1. The number of anilines is 1. The molecule has 2 aliphatic carbocycles. The average molecular weight is 498 g/mol. The molecule has 3 fully saturated rings. The highest BCUT2D eigenvalue weighted by Crippen LogP contribution is 2.61. The molecule has 1 saturated heterocycles. The lowest BCUT2D eigenvalue weighted by Gasteiger charge is -2.28. The Morgan fingerprint density at radius 3 is 2.16 bits per heavy atom. The van der Waals surface area contributed by atoms with Crippen molar-refractivity contribution in [1.82, 2.24) is 0 Å². The smallest absolute Gasteiger partial charge is 0.338 e. The molecule has 0 radical (unpaired) electrons. The molecular weight excluding hydrogens is 473 g/mol. The van der Waals surface area contributed by atoms with Gasteiger partial charge in [-0.1, -0.05) is 30.3 Å². The number of ketones is 1. The molecule has 0 spiro atoms. The van der Waals surface area contributed by atoms with Gasteiger partial charge in [0.25, 0.3) is 0 Å². The molecule has 3 aromatic rings. The molecule has 2 bridgehead atoms. The van der Waals surface area contributed by atoms with E-state index in [1.54, 1.807) is 12.1 Å². The molecule has 2 amide bonds. The summed E-state index contributed by atoms with van der Waals surface area (Å²) < 4.78 is 18.1. The third kappa shape index (κ3) is 3.95. The van der Waals surface area contributed by atoms with E-state index in [4.69, 9.17) is 4.74 Å². The van der Waals surface area contributed by atoms with Gasteiger partial charge in [0.15, 0.2) is 12.4 Å². The van der Waals surface area contributed by atoms with Crippen LogP contribution in [0.15, 0.2) is 78.9 Å². The molecule has 1 aliphatic heterocycles. The summed E-state index contributed by atoms with van der Waals surface area (Å²) >= 11 is 0. The van der Waals surface area contributed by atoms with Crippen molar-refractivity contribution in [1.29, 1.82) is 0 Å². The first-order chi connectivity index (χ1) is 17.9. The zero-order valence-corrected chi connectivity index (χ0v) is 19.9. The summed E-state index contributed by atoms with van der Waals surface area (Å²) in [7, 11) is 0. The molecule has 5 atom stereocenters. The van der Waals surface area contributed by atoms with Gasteiger partial charge < -0.3 is 4.74 Å². The van der Waals surface area contributed by atoms with E-state index in [1.807, 2.05) is 18.2 Å². The van der Waals surface area contributed by atoms with Crippen LogP contribution in [0, 0.1) is 29.5 Å². The van der Waals surface area contributed by atoms with Gasteiger partial charge in [-0.2, -0.15) is 0 Å². The molecule has 0 N–H and O–H groups in total. The Bertz CT molecular complexity index is 1390. The molecule has 0 aromatic heterocycles. The molecule has 6 nitrogen and oxygen atoms in total. The predicted molar refractivity (Wildman–Crippen MR) is 132 cm³/mol. The number of amides is 2. The van der Waals surface area contributed by atoms with E-state index in [1.165, 1.54) is 34.7 Å². The molecule has 6 rings (SSSR count). The Morgan fingerprint density at radius 2 is 1.46 bits per heavy atom. The number of hydrogen-bond acceptors (Lipinski definition) is 5. The van der Waals surface area contributed by atoms with Gasteiger partial charge in [-0.3, -0.25) is 19.3 Å². The zero-order valence-electron chi connectivity index (χ0n) is 19.9. The van der Waals surface area contributed by atoms with Crippen LogP contribution in [0.3, 0.4) is 0 Å². The van der Waals surface area contributed by atoms with Crippen molar-refractivity contribution in [2.45, 2.75) is 18.8 Å². The Morgan fingerprint density at radius 1 is 0.811 bits per heavy atom. The Kier molecular flexibility index (Phi) is 5.71. The minimum absolute atomic E-state index is 0.158. The average Bonchev–Trinajstić information content (AvgIpc) is 3.59. The van der Waals surface area contributed by atoms with Crippen molar-refractivity contribution in [3.8, 4) is 0 Å². The lowest BCUT2D eigenvalue weighted by atomic mass is 9.73. The third-order valence-corrected chi connectivity index (χ3v) is 8.11. The van der Waals surface area contributed by atoms with E-state index < -0.39 is 24.2 Å². The Labute approximate surface area is 213 Å². The van der Waals surface area contributed by atoms with Crippen molar-refractivity contribution in [3.63, 3.8) is 0 Å². The third-order valence-electron chi connectivity index (χ3n) is 8.11. The molecule has 3 aliphatic rings. The number of nitrogens with zero attached hydrogens (tertiary/aromatic N) is 1. The van der Waals surface area contributed by atoms with Crippen molar-refractivity contribution in [2.24, 2.45) is 23.7 Å². The van der Waals surface area contributed by atoms with E-state index in [0.29, 0.717) is 11.6 Å². The molecular formula is C30H24FNO5. The maximum atomic E-state index is 13.5. The fourth-order valence-electron chi connectivity index (χ4n) is 6.48. The highest BCUT2D eigenvalue weighted by molar-refractivity contribution is 6.22. The standard InChI is InChI=1S/C30H24FNO5/c31-21-10-6-18(7-11-21)25(33)16-37-30(36)19-8-12-22(13-9-19)32-28(34)26-20-14-23(17-4-2-1-3-5-17)24(15-20)27(26)29(32)35/h1-13,20,23-24,26-27H,14-16H2/t20-,23-,24+,26-,27-/m1/s1.